The van der Waals surface area contributed by atoms with Crippen LogP contribution in [0.2, 0.25) is 0 Å². The van der Waals surface area contributed by atoms with E-state index in [1.807, 2.05) is 48.5 Å². The highest BCUT2D eigenvalue weighted by Crippen LogP contribution is 2.18. The standard InChI is InChI=1S/C27H28BrN3O4/c1-2-3-16-34-24-14-10-21(11-15-24)27(33)29-18-26(32)31-30-17-22-6-4-5-7-25(22)35-19-20-8-12-23(28)13-9-20/h4-15,17H,2-3,16,18-19H2,1H3,(H,29,33)(H,31,32)/b30-17+. The SMILES string of the molecule is CCCCOc1ccc(C(=O)NCC(=O)N/N=C/c2ccccc2OCc2ccc(Br)cc2)cc1. The summed E-state index contributed by atoms with van der Waals surface area (Å²) < 4.78 is 12.5. The van der Waals surface area contributed by atoms with Crippen molar-refractivity contribution in [3.8, 4) is 11.5 Å². The Kier molecular flexibility index (Phi) is 10.3. The van der Waals surface area contributed by atoms with Gasteiger partial charge in [0.2, 0.25) is 0 Å². The second-order valence-electron chi connectivity index (χ2n) is 7.66. The summed E-state index contributed by atoms with van der Waals surface area (Å²) in [7, 11) is 0. The van der Waals surface area contributed by atoms with Crippen molar-refractivity contribution in [2.75, 3.05) is 13.2 Å². The number of benzene rings is 3. The number of amides is 2. The van der Waals surface area contributed by atoms with Crippen molar-refractivity contribution in [1.29, 1.82) is 0 Å². The highest BCUT2D eigenvalue weighted by Gasteiger charge is 2.08. The zero-order valence-electron chi connectivity index (χ0n) is 19.5. The summed E-state index contributed by atoms with van der Waals surface area (Å²) >= 11 is 3.42. The smallest absolute Gasteiger partial charge is 0.259 e. The third-order valence-corrected chi connectivity index (χ3v) is 5.44. The van der Waals surface area contributed by atoms with Gasteiger partial charge in [-0.05, 0) is 60.5 Å². The molecule has 0 fully saturated rings. The predicted octanol–water partition coefficient (Wildman–Crippen LogP) is 5.09. The van der Waals surface area contributed by atoms with Crippen LogP contribution in [0.3, 0.4) is 0 Å². The van der Waals surface area contributed by atoms with Crippen LogP contribution in [-0.4, -0.2) is 31.2 Å². The second-order valence-corrected chi connectivity index (χ2v) is 8.57. The van der Waals surface area contributed by atoms with E-state index in [0.29, 0.717) is 30.3 Å². The maximum atomic E-state index is 12.3. The van der Waals surface area contributed by atoms with E-state index in [9.17, 15) is 9.59 Å². The van der Waals surface area contributed by atoms with Crippen molar-refractivity contribution in [3.63, 3.8) is 0 Å². The minimum absolute atomic E-state index is 0.202. The second kappa shape index (κ2) is 13.9. The molecule has 2 N–H and O–H groups in total. The molecule has 0 unspecified atom stereocenters. The van der Waals surface area contributed by atoms with Crippen molar-refractivity contribution in [2.45, 2.75) is 26.4 Å². The normalized spacial score (nSPS) is 10.7. The van der Waals surface area contributed by atoms with Gasteiger partial charge in [0, 0.05) is 15.6 Å². The Balaban J connectivity index is 1.44. The molecule has 0 bridgehead atoms. The Hall–Kier alpha value is -3.65. The summed E-state index contributed by atoms with van der Waals surface area (Å²) in [5.74, 6) is 0.560. The third kappa shape index (κ3) is 8.90. The topological polar surface area (TPSA) is 89.0 Å². The molecule has 0 atom stereocenters. The van der Waals surface area contributed by atoms with Crippen molar-refractivity contribution in [3.05, 3.63) is 94.0 Å². The summed E-state index contributed by atoms with van der Waals surface area (Å²) in [6.07, 6.45) is 3.54. The number of hydrogen-bond donors (Lipinski definition) is 2. The average molecular weight is 538 g/mol. The van der Waals surface area contributed by atoms with Crippen LogP contribution >= 0.6 is 15.9 Å². The maximum Gasteiger partial charge on any atom is 0.259 e. The molecule has 0 saturated carbocycles. The van der Waals surface area contributed by atoms with E-state index < -0.39 is 5.91 Å². The van der Waals surface area contributed by atoms with Crippen LogP contribution in [0.5, 0.6) is 11.5 Å². The number of nitrogens with one attached hydrogen (secondary N) is 2. The molecule has 2 amide bonds. The number of unbranched alkanes of at least 4 members (excludes halogenated alkanes) is 1. The van der Waals surface area contributed by atoms with Crippen LogP contribution in [0, 0.1) is 0 Å². The highest BCUT2D eigenvalue weighted by atomic mass is 79.9. The molecule has 0 aliphatic heterocycles. The molecule has 0 spiro atoms. The Labute approximate surface area is 213 Å². The summed E-state index contributed by atoms with van der Waals surface area (Å²) in [6, 6.07) is 22.1. The van der Waals surface area contributed by atoms with E-state index in [4.69, 9.17) is 9.47 Å². The number of hydrazone groups is 1. The first-order chi connectivity index (χ1) is 17.0. The maximum absolute atomic E-state index is 12.3. The van der Waals surface area contributed by atoms with Gasteiger partial charge >= 0.3 is 0 Å². The molecule has 0 saturated heterocycles. The number of rotatable bonds is 12. The zero-order valence-corrected chi connectivity index (χ0v) is 21.1. The van der Waals surface area contributed by atoms with Gasteiger partial charge in [-0.25, -0.2) is 5.43 Å². The first-order valence-electron chi connectivity index (χ1n) is 11.3. The van der Waals surface area contributed by atoms with Crippen LogP contribution in [0.15, 0.2) is 82.4 Å². The minimum atomic E-state index is -0.442. The van der Waals surface area contributed by atoms with E-state index >= 15 is 0 Å². The Morgan fingerprint density at radius 1 is 0.971 bits per heavy atom. The number of nitrogens with zero attached hydrogens (tertiary/aromatic N) is 1. The van der Waals surface area contributed by atoms with Gasteiger partial charge in [-0.1, -0.05) is 53.5 Å². The van der Waals surface area contributed by atoms with Crippen molar-refractivity contribution >= 4 is 34.0 Å². The molecule has 0 aromatic heterocycles. The van der Waals surface area contributed by atoms with Gasteiger partial charge in [0.25, 0.3) is 11.8 Å². The van der Waals surface area contributed by atoms with Crippen LogP contribution in [0.1, 0.15) is 41.3 Å². The number of ether oxygens (including phenoxy) is 2. The van der Waals surface area contributed by atoms with Gasteiger partial charge in [0.15, 0.2) is 0 Å². The van der Waals surface area contributed by atoms with E-state index in [2.05, 4.69) is 38.7 Å². The number of para-hydroxylation sites is 1. The lowest BCUT2D eigenvalue weighted by Gasteiger charge is -2.09. The molecule has 35 heavy (non-hydrogen) atoms. The molecule has 3 aromatic carbocycles. The van der Waals surface area contributed by atoms with Crippen molar-refractivity contribution < 1.29 is 19.1 Å². The molecule has 182 valence electrons. The molecular formula is C27H28BrN3O4. The lowest BCUT2D eigenvalue weighted by molar-refractivity contribution is -0.120. The van der Waals surface area contributed by atoms with Crippen molar-refractivity contribution in [1.82, 2.24) is 10.7 Å². The van der Waals surface area contributed by atoms with Crippen LogP contribution in [0.25, 0.3) is 0 Å². The van der Waals surface area contributed by atoms with Crippen LogP contribution < -0.4 is 20.2 Å². The monoisotopic (exact) mass is 537 g/mol. The summed E-state index contributed by atoms with van der Waals surface area (Å²) in [6.45, 7) is 2.94. The Morgan fingerprint density at radius 2 is 1.71 bits per heavy atom. The number of hydrogen-bond acceptors (Lipinski definition) is 5. The molecule has 0 heterocycles. The predicted molar refractivity (Wildman–Crippen MR) is 140 cm³/mol. The molecular weight excluding hydrogens is 510 g/mol. The Morgan fingerprint density at radius 3 is 2.46 bits per heavy atom. The molecule has 7 nitrogen and oxygen atoms in total. The number of halogens is 1. The van der Waals surface area contributed by atoms with Crippen LogP contribution in [0.4, 0.5) is 0 Å². The van der Waals surface area contributed by atoms with Gasteiger partial charge < -0.3 is 14.8 Å². The molecule has 0 aliphatic carbocycles. The molecule has 3 aromatic rings. The van der Waals surface area contributed by atoms with Crippen LogP contribution in [-0.2, 0) is 11.4 Å². The quantitative estimate of drug-likeness (QED) is 0.191. The van der Waals surface area contributed by atoms with E-state index in [-0.39, 0.29) is 12.5 Å². The highest BCUT2D eigenvalue weighted by molar-refractivity contribution is 9.10. The van der Waals surface area contributed by atoms with Gasteiger partial charge in [0.05, 0.1) is 19.4 Å². The molecule has 0 radical (unpaired) electrons. The fourth-order valence-electron chi connectivity index (χ4n) is 2.97. The third-order valence-electron chi connectivity index (χ3n) is 4.91. The fraction of sp³-hybridized carbons (Fsp3) is 0.222. The fourth-order valence-corrected chi connectivity index (χ4v) is 3.24. The van der Waals surface area contributed by atoms with E-state index in [0.717, 1.165) is 28.4 Å². The largest absolute Gasteiger partial charge is 0.494 e. The van der Waals surface area contributed by atoms with Gasteiger partial charge in [-0.3, -0.25) is 9.59 Å². The summed E-state index contributed by atoms with van der Waals surface area (Å²) in [5.41, 5.74) is 4.61. The zero-order chi connectivity index (χ0) is 24.9. The Bertz CT molecular complexity index is 1130. The first-order valence-corrected chi connectivity index (χ1v) is 12.1. The van der Waals surface area contributed by atoms with E-state index in [1.54, 1.807) is 24.3 Å². The first kappa shape index (κ1) is 26.0. The van der Waals surface area contributed by atoms with E-state index in [1.165, 1.54) is 6.21 Å². The van der Waals surface area contributed by atoms with Gasteiger partial charge in [0.1, 0.15) is 18.1 Å². The number of carbonyl (C=O) groups is 2. The van der Waals surface area contributed by atoms with Crippen molar-refractivity contribution in [2.24, 2.45) is 5.10 Å². The lowest BCUT2D eigenvalue weighted by atomic mass is 10.2. The average Bonchev–Trinajstić information content (AvgIpc) is 2.88. The number of carbonyl (C=O) groups excluding carboxylic acids is 2. The minimum Gasteiger partial charge on any atom is -0.494 e. The summed E-state index contributed by atoms with van der Waals surface area (Å²) in [5, 5.41) is 6.57. The summed E-state index contributed by atoms with van der Waals surface area (Å²) in [4.78, 5) is 24.4. The van der Waals surface area contributed by atoms with Gasteiger partial charge in [-0.15, -0.1) is 0 Å². The molecule has 0 aliphatic rings. The van der Waals surface area contributed by atoms with Gasteiger partial charge in [-0.2, -0.15) is 5.10 Å². The lowest BCUT2D eigenvalue weighted by Crippen LogP contribution is -2.34. The molecule has 3 rings (SSSR count). The molecule has 8 heteroatoms.